The normalized spacial score (nSPS) is 10.8. The number of benzene rings is 2. The van der Waals surface area contributed by atoms with Crippen molar-refractivity contribution in [1.29, 1.82) is 0 Å². The van der Waals surface area contributed by atoms with Crippen molar-refractivity contribution < 1.29 is 9.15 Å². The first-order chi connectivity index (χ1) is 9.17. The van der Waals surface area contributed by atoms with Crippen LogP contribution < -0.4 is 10.5 Å². The summed E-state index contributed by atoms with van der Waals surface area (Å²) in [5, 5.41) is 2.24. The van der Waals surface area contributed by atoms with E-state index in [9.17, 15) is 0 Å². The van der Waals surface area contributed by atoms with Crippen LogP contribution in [0.15, 0.2) is 40.8 Å². The molecule has 3 rings (SSSR count). The molecule has 2 N–H and O–H groups in total. The Kier molecular flexibility index (Phi) is 2.63. The van der Waals surface area contributed by atoms with Crippen molar-refractivity contribution in [3.05, 3.63) is 42.1 Å². The number of oxazole rings is 1. The minimum atomic E-state index is 0.197. The molecule has 4 heteroatoms. The van der Waals surface area contributed by atoms with Crippen LogP contribution in [0, 0.1) is 6.92 Å². The second-order valence-electron chi connectivity index (χ2n) is 4.39. The maximum atomic E-state index is 5.57. The van der Waals surface area contributed by atoms with Gasteiger partial charge in [-0.3, -0.25) is 0 Å². The molecular formula is C15H14N2O2. The first-order valence-electron chi connectivity index (χ1n) is 5.98. The van der Waals surface area contributed by atoms with Gasteiger partial charge in [0, 0.05) is 5.56 Å². The highest BCUT2D eigenvalue weighted by Crippen LogP contribution is 2.29. The van der Waals surface area contributed by atoms with Crippen molar-refractivity contribution in [1.82, 2.24) is 4.98 Å². The third kappa shape index (κ3) is 2.01. The Morgan fingerprint density at radius 2 is 1.84 bits per heavy atom. The SMILES string of the molecule is COc1ccc2cc(-c3oc(N)nc3C)ccc2c1. The molecule has 0 fully saturated rings. The molecule has 0 aliphatic rings. The zero-order valence-electron chi connectivity index (χ0n) is 10.8. The number of nitrogens with zero attached hydrogens (tertiary/aromatic N) is 1. The van der Waals surface area contributed by atoms with Crippen LogP contribution in [0.2, 0.25) is 0 Å². The first-order valence-corrected chi connectivity index (χ1v) is 5.98. The third-order valence-corrected chi connectivity index (χ3v) is 3.12. The van der Waals surface area contributed by atoms with Gasteiger partial charge in [0.2, 0.25) is 0 Å². The van der Waals surface area contributed by atoms with Crippen LogP contribution in [0.5, 0.6) is 5.75 Å². The molecule has 0 spiro atoms. The number of fused-ring (bicyclic) bond motifs is 1. The maximum Gasteiger partial charge on any atom is 0.292 e. The summed E-state index contributed by atoms with van der Waals surface area (Å²) in [6.45, 7) is 1.88. The third-order valence-electron chi connectivity index (χ3n) is 3.12. The van der Waals surface area contributed by atoms with E-state index in [1.165, 1.54) is 0 Å². The number of anilines is 1. The zero-order valence-corrected chi connectivity index (χ0v) is 10.8. The molecule has 1 aromatic heterocycles. The number of nitrogen functional groups attached to an aromatic ring is 1. The van der Waals surface area contributed by atoms with Gasteiger partial charge in [-0.2, -0.15) is 4.98 Å². The summed E-state index contributed by atoms with van der Waals surface area (Å²) in [4.78, 5) is 4.09. The first kappa shape index (κ1) is 11.6. The van der Waals surface area contributed by atoms with E-state index < -0.39 is 0 Å². The van der Waals surface area contributed by atoms with E-state index in [2.05, 4.69) is 11.1 Å². The van der Waals surface area contributed by atoms with E-state index in [1.54, 1.807) is 7.11 Å². The highest BCUT2D eigenvalue weighted by atomic mass is 16.5. The van der Waals surface area contributed by atoms with E-state index in [4.69, 9.17) is 14.9 Å². The molecule has 4 nitrogen and oxygen atoms in total. The minimum Gasteiger partial charge on any atom is -0.497 e. The Labute approximate surface area is 110 Å². The predicted octanol–water partition coefficient (Wildman–Crippen LogP) is 3.39. The Bertz CT molecular complexity index is 747. The molecule has 0 bridgehead atoms. The van der Waals surface area contributed by atoms with Crippen molar-refractivity contribution in [2.75, 3.05) is 12.8 Å². The second-order valence-corrected chi connectivity index (χ2v) is 4.39. The molecule has 1 heterocycles. The minimum absolute atomic E-state index is 0.197. The monoisotopic (exact) mass is 254 g/mol. The van der Waals surface area contributed by atoms with Crippen LogP contribution in [0.4, 0.5) is 6.01 Å². The largest absolute Gasteiger partial charge is 0.497 e. The van der Waals surface area contributed by atoms with Crippen molar-refractivity contribution in [2.24, 2.45) is 0 Å². The fourth-order valence-electron chi connectivity index (χ4n) is 2.18. The Morgan fingerprint density at radius 3 is 2.53 bits per heavy atom. The average molecular weight is 254 g/mol. The topological polar surface area (TPSA) is 61.3 Å². The highest BCUT2D eigenvalue weighted by molar-refractivity contribution is 5.88. The Hall–Kier alpha value is -2.49. The van der Waals surface area contributed by atoms with Crippen LogP contribution in [0.1, 0.15) is 5.69 Å². The highest BCUT2D eigenvalue weighted by Gasteiger charge is 2.10. The lowest BCUT2D eigenvalue weighted by Crippen LogP contribution is -1.83. The van der Waals surface area contributed by atoms with Crippen molar-refractivity contribution in [2.45, 2.75) is 6.92 Å². The standard InChI is InChI=1S/C15H14N2O2/c1-9-14(19-15(16)17-9)12-4-3-11-8-13(18-2)6-5-10(11)7-12/h3-8H,1-2H3,(H2,16,17). The fraction of sp³-hybridized carbons (Fsp3) is 0.133. The van der Waals surface area contributed by atoms with Gasteiger partial charge in [-0.05, 0) is 35.9 Å². The fourth-order valence-corrected chi connectivity index (χ4v) is 2.18. The van der Waals surface area contributed by atoms with E-state index in [-0.39, 0.29) is 6.01 Å². The Morgan fingerprint density at radius 1 is 1.11 bits per heavy atom. The van der Waals surface area contributed by atoms with E-state index in [1.807, 2.05) is 37.3 Å². The number of aryl methyl sites for hydroxylation is 1. The van der Waals surface area contributed by atoms with Gasteiger partial charge in [-0.15, -0.1) is 0 Å². The smallest absolute Gasteiger partial charge is 0.292 e. The second kappa shape index (κ2) is 4.31. The lowest BCUT2D eigenvalue weighted by Gasteiger charge is -2.04. The summed E-state index contributed by atoms with van der Waals surface area (Å²) in [5.74, 6) is 1.57. The molecule has 2 aromatic carbocycles. The number of hydrogen-bond donors (Lipinski definition) is 1. The Balaban J connectivity index is 2.14. The maximum absolute atomic E-state index is 5.57. The van der Waals surface area contributed by atoms with Gasteiger partial charge < -0.3 is 14.9 Å². The molecular weight excluding hydrogens is 240 g/mol. The molecule has 19 heavy (non-hydrogen) atoms. The van der Waals surface area contributed by atoms with Crippen molar-refractivity contribution in [3.8, 4) is 17.1 Å². The van der Waals surface area contributed by atoms with Gasteiger partial charge >= 0.3 is 0 Å². The van der Waals surface area contributed by atoms with Gasteiger partial charge in [0.1, 0.15) is 5.75 Å². The number of aromatic nitrogens is 1. The number of hydrogen-bond acceptors (Lipinski definition) is 4. The van der Waals surface area contributed by atoms with Crippen LogP contribution in [0.25, 0.3) is 22.1 Å². The van der Waals surface area contributed by atoms with E-state index >= 15 is 0 Å². The molecule has 0 radical (unpaired) electrons. The lowest BCUT2D eigenvalue weighted by atomic mass is 10.0. The molecule has 0 aliphatic heterocycles. The number of nitrogens with two attached hydrogens (primary N) is 1. The zero-order chi connectivity index (χ0) is 13.4. The van der Waals surface area contributed by atoms with Crippen molar-refractivity contribution in [3.63, 3.8) is 0 Å². The summed E-state index contributed by atoms with van der Waals surface area (Å²) >= 11 is 0. The van der Waals surface area contributed by atoms with Gasteiger partial charge in [0.15, 0.2) is 5.76 Å². The summed E-state index contributed by atoms with van der Waals surface area (Å²) in [5.41, 5.74) is 7.34. The van der Waals surface area contributed by atoms with E-state index in [0.29, 0.717) is 0 Å². The quantitative estimate of drug-likeness (QED) is 0.761. The molecule has 0 saturated heterocycles. The molecule has 0 saturated carbocycles. The van der Waals surface area contributed by atoms with Crippen LogP contribution in [-0.4, -0.2) is 12.1 Å². The molecule has 0 unspecified atom stereocenters. The molecule has 0 atom stereocenters. The predicted molar refractivity (Wildman–Crippen MR) is 75.1 cm³/mol. The average Bonchev–Trinajstić information content (AvgIpc) is 2.76. The van der Waals surface area contributed by atoms with Crippen LogP contribution >= 0.6 is 0 Å². The van der Waals surface area contributed by atoms with Gasteiger partial charge in [0.25, 0.3) is 6.01 Å². The van der Waals surface area contributed by atoms with Crippen molar-refractivity contribution >= 4 is 16.8 Å². The summed E-state index contributed by atoms with van der Waals surface area (Å²) in [6, 6.07) is 12.2. The van der Waals surface area contributed by atoms with Crippen LogP contribution in [-0.2, 0) is 0 Å². The van der Waals surface area contributed by atoms with Gasteiger partial charge in [-0.25, -0.2) is 0 Å². The summed E-state index contributed by atoms with van der Waals surface area (Å²) < 4.78 is 10.7. The van der Waals surface area contributed by atoms with Gasteiger partial charge in [0.05, 0.1) is 12.8 Å². The molecule has 96 valence electrons. The van der Waals surface area contributed by atoms with Crippen LogP contribution in [0.3, 0.4) is 0 Å². The lowest BCUT2D eigenvalue weighted by molar-refractivity contribution is 0.415. The molecule has 3 aromatic rings. The number of rotatable bonds is 2. The number of ether oxygens (including phenoxy) is 1. The van der Waals surface area contributed by atoms with E-state index in [0.717, 1.165) is 33.5 Å². The molecule has 0 aliphatic carbocycles. The number of methoxy groups -OCH3 is 1. The summed E-state index contributed by atoms with van der Waals surface area (Å²) in [7, 11) is 1.66. The van der Waals surface area contributed by atoms with Gasteiger partial charge in [-0.1, -0.05) is 18.2 Å². The molecule has 0 amide bonds. The summed E-state index contributed by atoms with van der Waals surface area (Å²) in [6.07, 6.45) is 0.